The van der Waals surface area contributed by atoms with Crippen molar-refractivity contribution in [1.29, 1.82) is 0 Å². The van der Waals surface area contributed by atoms with Gasteiger partial charge in [-0.15, -0.1) is 11.3 Å². The summed E-state index contributed by atoms with van der Waals surface area (Å²) < 4.78 is 104. The maximum absolute atomic E-state index is 9.39. The molecular weight excluding hydrogens is 559 g/mol. The monoisotopic (exact) mass is 592 g/mol. The lowest BCUT2D eigenvalue weighted by atomic mass is 9.99. The van der Waals surface area contributed by atoms with E-state index < -0.39 is 72.0 Å². The van der Waals surface area contributed by atoms with Crippen LogP contribution >= 0.6 is 11.3 Å². The highest BCUT2D eigenvalue weighted by molar-refractivity contribution is 7.25. The van der Waals surface area contributed by atoms with Gasteiger partial charge >= 0.3 is 0 Å². The number of benzene rings is 6. The van der Waals surface area contributed by atoms with Gasteiger partial charge in [0, 0.05) is 47.6 Å². The molecule has 5 heteroatoms. The van der Waals surface area contributed by atoms with Crippen molar-refractivity contribution in [2.75, 3.05) is 0 Å². The molecule has 206 valence electrons. The van der Waals surface area contributed by atoms with Crippen LogP contribution in [0.5, 0.6) is 0 Å². The van der Waals surface area contributed by atoms with Gasteiger partial charge in [-0.25, -0.2) is 15.0 Å². The quantitative estimate of drug-likeness (QED) is 0.204. The van der Waals surface area contributed by atoms with Gasteiger partial charge in [0.1, 0.15) is 11.2 Å². The number of furan rings is 1. The fraction of sp³-hybridized carbons (Fsp3) is 0. The summed E-state index contributed by atoms with van der Waals surface area (Å²) in [7, 11) is 0. The first kappa shape index (κ1) is 16.3. The molecule has 0 aliphatic rings. The maximum atomic E-state index is 9.39. The fourth-order valence-electron chi connectivity index (χ4n) is 5.32. The van der Waals surface area contributed by atoms with Crippen LogP contribution in [-0.4, -0.2) is 15.0 Å². The van der Waals surface area contributed by atoms with Crippen molar-refractivity contribution in [2.24, 2.45) is 0 Å². The summed E-state index contributed by atoms with van der Waals surface area (Å²) >= 11 is 1.62. The van der Waals surface area contributed by atoms with Crippen molar-refractivity contribution in [1.82, 2.24) is 15.0 Å². The molecule has 0 saturated carbocycles. The van der Waals surface area contributed by atoms with E-state index in [0.29, 0.717) is 11.1 Å². The number of hydrogen-bond donors (Lipinski definition) is 0. The van der Waals surface area contributed by atoms with Crippen molar-refractivity contribution in [3.63, 3.8) is 0 Å². The minimum atomic E-state index is -0.681. The molecule has 0 unspecified atom stereocenters. The van der Waals surface area contributed by atoms with Crippen LogP contribution in [0.3, 0.4) is 0 Å². The summed E-state index contributed by atoms with van der Waals surface area (Å²) in [6.45, 7) is 0. The smallest absolute Gasteiger partial charge is 0.164 e. The lowest BCUT2D eigenvalue weighted by Gasteiger charge is -2.09. The molecule has 0 fully saturated rings. The molecule has 3 heterocycles. The molecule has 6 aromatic carbocycles. The molecule has 0 amide bonds. The van der Waals surface area contributed by atoms with Crippen LogP contribution < -0.4 is 0 Å². The summed E-state index contributed by atoms with van der Waals surface area (Å²) in [4.78, 5) is 14.2. The molecule has 44 heavy (non-hydrogen) atoms. The molecule has 0 aliphatic carbocycles. The maximum Gasteiger partial charge on any atom is 0.164 e. The molecule has 0 bridgehead atoms. The molecule has 0 spiro atoms. The highest BCUT2D eigenvalue weighted by Gasteiger charge is 2.17. The van der Waals surface area contributed by atoms with Gasteiger partial charge in [-0.1, -0.05) is 109 Å². The van der Waals surface area contributed by atoms with Crippen LogP contribution in [0.4, 0.5) is 0 Å². The highest BCUT2D eigenvalue weighted by Crippen LogP contribution is 2.39. The Labute approximate surface area is 272 Å². The third-order valence-corrected chi connectivity index (χ3v) is 8.48. The zero-order valence-corrected chi connectivity index (χ0v) is 23.4. The SMILES string of the molecule is [2H]c1c([2H])c([2H])c(-c2c([2H])c([2H])c([2H])c3oc4c([2H])c(-c5nc(-c6ccccc6)nc(-c6ccc7c(c6)sc6ccccc67)n5)c([2H])c([2H])c4c23)c([2H])c1[2H]. The predicted octanol–water partition coefficient (Wildman–Crippen LogP) is 10.8. The van der Waals surface area contributed by atoms with Crippen LogP contribution in [0, 0.1) is 0 Å². The normalized spacial score (nSPS) is 15.1. The molecule has 9 rings (SSSR count). The van der Waals surface area contributed by atoms with E-state index in [4.69, 9.17) is 30.3 Å². The van der Waals surface area contributed by atoms with Crippen LogP contribution in [-0.2, 0) is 0 Å². The van der Waals surface area contributed by atoms with Gasteiger partial charge < -0.3 is 4.42 Å². The van der Waals surface area contributed by atoms with Crippen LogP contribution in [0.2, 0.25) is 0 Å². The average Bonchev–Trinajstić information content (AvgIpc) is 3.78. The van der Waals surface area contributed by atoms with E-state index in [1.807, 2.05) is 60.7 Å². The topological polar surface area (TPSA) is 51.8 Å². The molecule has 9 aromatic rings. The fourth-order valence-corrected chi connectivity index (χ4v) is 6.47. The Bertz CT molecular complexity index is 3100. The Morgan fingerprint density at radius 2 is 1.27 bits per heavy atom. The third-order valence-electron chi connectivity index (χ3n) is 7.35. The zero-order valence-electron chi connectivity index (χ0n) is 33.6. The van der Waals surface area contributed by atoms with Crippen LogP contribution in [0.1, 0.15) is 15.1 Å². The van der Waals surface area contributed by atoms with Crippen molar-refractivity contribution in [2.45, 2.75) is 0 Å². The number of thiophene rings is 1. The van der Waals surface area contributed by atoms with E-state index in [0.717, 1.165) is 20.2 Å². The third kappa shape index (κ3) is 4.09. The molecule has 0 atom stereocenters. The molecule has 0 N–H and O–H groups in total. The summed E-state index contributed by atoms with van der Waals surface area (Å²) in [5, 5.41) is 1.82. The van der Waals surface area contributed by atoms with Crippen LogP contribution in [0.25, 0.3) is 87.4 Å². The van der Waals surface area contributed by atoms with Gasteiger partial charge in [0.2, 0.25) is 0 Å². The highest BCUT2D eigenvalue weighted by atomic mass is 32.1. The summed E-state index contributed by atoms with van der Waals surface area (Å²) in [5.74, 6) is 0.417. The Hall–Kier alpha value is -5.65. The van der Waals surface area contributed by atoms with Crippen LogP contribution in [0.15, 0.2) is 144 Å². The minimum Gasteiger partial charge on any atom is -0.456 e. The van der Waals surface area contributed by atoms with E-state index in [1.54, 1.807) is 11.3 Å². The van der Waals surface area contributed by atoms with Gasteiger partial charge in [-0.3, -0.25) is 0 Å². The van der Waals surface area contributed by atoms with Gasteiger partial charge in [0.15, 0.2) is 17.5 Å². The Kier molecular flexibility index (Phi) is 3.69. The van der Waals surface area contributed by atoms with Crippen molar-refractivity contribution in [3.05, 3.63) is 139 Å². The predicted molar refractivity (Wildman–Crippen MR) is 182 cm³/mol. The Morgan fingerprint density at radius 1 is 0.523 bits per heavy atom. The lowest BCUT2D eigenvalue weighted by Crippen LogP contribution is -2.00. The first-order valence-electron chi connectivity index (χ1n) is 19.1. The molecule has 4 nitrogen and oxygen atoms in total. The van der Waals surface area contributed by atoms with Gasteiger partial charge in [-0.2, -0.15) is 0 Å². The van der Waals surface area contributed by atoms with Crippen molar-refractivity contribution < 1.29 is 19.5 Å². The largest absolute Gasteiger partial charge is 0.456 e. The number of hydrogen-bond acceptors (Lipinski definition) is 5. The van der Waals surface area contributed by atoms with E-state index in [1.165, 1.54) is 0 Å². The number of fused-ring (bicyclic) bond motifs is 6. The second-order valence-corrected chi connectivity index (χ2v) is 11.1. The summed E-state index contributed by atoms with van der Waals surface area (Å²) in [6, 6.07) is 16.5. The number of nitrogens with zero attached hydrogens (tertiary/aromatic N) is 3. The van der Waals surface area contributed by atoms with Gasteiger partial charge in [0.25, 0.3) is 0 Å². The Balaban J connectivity index is 1.34. The van der Waals surface area contributed by atoms with Gasteiger partial charge in [0.05, 0.1) is 15.1 Å². The summed E-state index contributed by atoms with van der Waals surface area (Å²) in [5.41, 5.74) is -0.267. The molecule has 0 saturated heterocycles. The molecular formula is C39H23N3OS. The average molecular weight is 593 g/mol. The second kappa shape index (κ2) is 9.97. The minimum absolute atomic E-state index is 0.0922. The second-order valence-electron chi connectivity index (χ2n) is 9.99. The van der Waals surface area contributed by atoms with E-state index in [9.17, 15) is 4.11 Å². The number of rotatable bonds is 4. The van der Waals surface area contributed by atoms with Gasteiger partial charge in [-0.05, 0) is 41.4 Å². The van der Waals surface area contributed by atoms with Crippen molar-refractivity contribution in [3.8, 4) is 45.3 Å². The number of aromatic nitrogens is 3. The first-order valence-corrected chi connectivity index (χ1v) is 14.5. The standard InChI is InChI=1S/C39H23N3OS/c1-3-10-24(11-4-1)28-15-9-16-32-36(28)31-21-19-26(22-33(31)43-32)38-40-37(25-12-5-2-6-13-25)41-39(42-38)27-18-20-30-29-14-7-8-17-34(29)44-35(30)23-27/h1-23H/i1D,3D,4D,9D,10D,11D,15D,16D,19D,21D,22D. The Morgan fingerprint density at radius 3 is 2.14 bits per heavy atom. The van der Waals surface area contributed by atoms with E-state index in [2.05, 4.69) is 12.1 Å². The van der Waals surface area contributed by atoms with Crippen molar-refractivity contribution >= 4 is 53.4 Å². The lowest BCUT2D eigenvalue weighted by molar-refractivity contribution is 0.669. The van der Waals surface area contributed by atoms with E-state index >= 15 is 0 Å². The molecule has 3 aromatic heterocycles. The van der Waals surface area contributed by atoms with E-state index in [-0.39, 0.29) is 50.5 Å². The molecule has 0 aliphatic heterocycles. The molecule has 0 radical (unpaired) electrons. The zero-order chi connectivity index (χ0) is 38.6. The first-order chi connectivity index (χ1) is 26.4. The summed E-state index contributed by atoms with van der Waals surface area (Å²) in [6.07, 6.45) is 0.